The summed E-state index contributed by atoms with van der Waals surface area (Å²) in [6.07, 6.45) is 2.80. The van der Waals surface area contributed by atoms with Gasteiger partial charge in [-0.15, -0.1) is 0 Å². The van der Waals surface area contributed by atoms with Crippen LogP contribution < -0.4 is 10.5 Å². The van der Waals surface area contributed by atoms with E-state index in [1.165, 1.54) is 0 Å². The van der Waals surface area contributed by atoms with Crippen molar-refractivity contribution in [1.29, 1.82) is 0 Å². The fraction of sp³-hybridized carbons (Fsp3) is 0.600. The van der Waals surface area contributed by atoms with E-state index in [9.17, 15) is 0 Å². The normalized spacial score (nSPS) is 28.2. The lowest BCUT2D eigenvalue weighted by Crippen LogP contribution is -2.36. The molecule has 100 valence electrons. The van der Waals surface area contributed by atoms with E-state index in [0.717, 1.165) is 35.3 Å². The molecular weight excluding hydrogens is 229 g/mol. The molecule has 18 heavy (non-hydrogen) atoms. The quantitative estimate of drug-likeness (QED) is 0.874. The van der Waals surface area contributed by atoms with Crippen molar-refractivity contribution < 1.29 is 9.13 Å². The van der Waals surface area contributed by atoms with Gasteiger partial charge in [0.15, 0.2) is 0 Å². The van der Waals surface area contributed by atoms with Gasteiger partial charge in [0.1, 0.15) is 11.4 Å². The van der Waals surface area contributed by atoms with Crippen molar-refractivity contribution in [3.05, 3.63) is 28.8 Å². The van der Waals surface area contributed by atoms with Crippen molar-refractivity contribution in [1.82, 2.24) is 0 Å². The van der Waals surface area contributed by atoms with E-state index in [4.69, 9.17) is 10.5 Å². The second-order valence-electron chi connectivity index (χ2n) is 5.46. The number of alkyl halides is 1. The zero-order chi connectivity index (χ0) is 13.3. The monoisotopic (exact) mass is 251 g/mol. The van der Waals surface area contributed by atoms with Crippen LogP contribution in [0.1, 0.15) is 42.4 Å². The first-order valence-corrected chi connectivity index (χ1v) is 6.56. The molecule has 0 heterocycles. The van der Waals surface area contributed by atoms with Gasteiger partial charge in [-0.3, -0.25) is 0 Å². The number of ether oxygens (including phenoxy) is 1. The Morgan fingerprint density at radius 2 is 2.06 bits per heavy atom. The Balaban J connectivity index is 2.41. The van der Waals surface area contributed by atoms with Crippen LogP contribution in [0.4, 0.5) is 4.39 Å². The van der Waals surface area contributed by atoms with Crippen molar-refractivity contribution in [2.24, 2.45) is 5.73 Å². The Hall–Kier alpha value is -1.09. The Morgan fingerprint density at radius 3 is 2.67 bits per heavy atom. The molecule has 0 bridgehead atoms. The first-order chi connectivity index (χ1) is 8.46. The molecule has 1 aliphatic rings. The maximum Gasteiger partial charge on any atom is 0.137 e. The lowest BCUT2D eigenvalue weighted by molar-refractivity contribution is 0.0939. The first-order valence-electron chi connectivity index (χ1n) is 6.56. The lowest BCUT2D eigenvalue weighted by atomic mass is 9.77. The third kappa shape index (κ3) is 2.37. The molecule has 1 saturated carbocycles. The van der Waals surface area contributed by atoms with Crippen LogP contribution in [0.2, 0.25) is 0 Å². The third-order valence-corrected chi connectivity index (χ3v) is 3.96. The third-order valence-electron chi connectivity index (χ3n) is 3.96. The molecule has 0 aliphatic heterocycles. The summed E-state index contributed by atoms with van der Waals surface area (Å²) in [6, 6.07) is 3.82. The summed E-state index contributed by atoms with van der Waals surface area (Å²) in [6.45, 7) is 3.90. The van der Waals surface area contributed by atoms with Crippen LogP contribution in [0.3, 0.4) is 0 Å². The second kappa shape index (κ2) is 4.88. The van der Waals surface area contributed by atoms with E-state index in [1.807, 2.05) is 26.0 Å². The van der Waals surface area contributed by atoms with Gasteiger partial charge < -0.3 is 10.5 Å². The van der Waals surface area contributed by atoms with Crippen molar-refractivity contribution in [3.63, 3.8) is 0 Å². The highest BCUT2D eigenvalue weighted by atomic mass is 19.1. The number of hydrogen-bond acceptors (Lipinski definition) is 2. The van der Waals surface area contributed by atoms with Crippen molar-refractivity contribution >= 4 is 0 Å². The van der Waals surface area contributed by atoms with E-state index in [1.54, 1.807) is 7.11 Å². The van der Waals surface area contributed by atoms with Crippen LogP contribution in [-0.4, -0.2) is 13.2 Å². The molecular formula is C15H22FNO. The lowest BCUT2D eigenvalue weighted by Gasteiger charge is -2.34. The van der Waals surface area contributed by atoms with Gasteiger partial charge in [-0.1, -0.05) is 0 Å². The first kappa shape index (κ1) is 13.3. The second-order valence-corrected chi connectivity index (χ2v) is 5.46. The molecule has 2 rings (SSSR count). The summed E-state index contributed by atoms with van der Waals surface area (Å²) < 4.78 is 20.4. The Morgan fingerprint density at radius 1 is 1.33 bits per heavy atom. The van der Waals surface area contributed by atoms with Gasteiger partial charge in [0.25, 0.3) is 0 Å². The highest BCUT2D eigenvalue weighted by Crippen LogP contribution is 2.43. The van der Waals surface area contributed by atoms with Gasteiger partial charge in [0, 0.05) is 12.5 Å². The zero-order valence-electron chi connectivity index (χ0n) is 11.4. The average molecular weight is 251 g/mol. The summed E-state index contributed by atoms with van der Waals surface area (Å²) in [4.78, 5) is 0. The molecule has 0 radical (unpaired) electrons. The van der Waals surface area contributed by atoms with E-state index in [2.05, 4.69) is 0 Å². The SMILES string of the molecule is COc1cc(C)c(C2(F)CCCC(N)C2)cc1C. The molecule has 0 saturated heterocycles. The average Bonchev–Trinajstić information content (AvgIpc) is 2.31. The zero-order valence-corrected chi connectivity index (χ0v) is 11.4. The fourth-order valence-corrected chi connectivity index (χ4v) is 3.00. The molecule has 2 N–H and O–H groups in total. The molecule has 1 aliphatic carbocycles. The van der Waals surface area contributed by atoms with Gasteiger partial charge in [0.2, 0.25) is 0 Å². The Labute approximate surface area is 108 Å². The smallest absolute Gasteiger partial charge is 0.137 e. The predicted molar refractivity (Wildman–Crippen MR) is 71.7 cm³/mol. The van der Waals surface area contributed by atoms with Crippen molar-refractivity contribution in [2.75, 3.05) is 7.11 Å². The predicted octanol–water partition coefficient (Wildman–Crippen LogP) is 3.38. The molecule has 3 heteroatoms. The van der Waals surface area contributed by atoms with E-state index in [0.29, 0.717) is 12.8 Å². The number of methoxy groups -OCH3 is 1. The highest BCUT2D eigenvalue weighted by Gasteiger charge is 2.38. The van der Waals surface area contributed by atoms with Gasteiger partial charge in [-0.05, 0) is 61.9 Å². The van der Waals surface area contributed by atoms with Crippen molar-refractivity contribution in [2.45, 2.75) is 51.2 Å². The molecule has 2 unspecified atom stereocenters. The van der Waals surface area contributed by atoms with Crippen LogP contribution in [0.5, 0.6) is 5.75 Å². The molecule has 0 amide bonds. The van der Waals surface area contributed by atoms with E-state index < -0.39 is 5.67 Å². The van der Waals surface area contributed by atoms with Gasteiger partial charge in [-0.25, -0.2) is 4.39 Å². The summed E-state index contributed by atoms with van der Waals surface area (Å²) in [7, 11) is 1.64. The molecule has 1 aromatic carbocycles. The Bertz CT molecular complexity index is 446. The topological polar surface area (TPSA) is 35.2 Å². The molecule has 0 aromatic heterocycles. The number of aryl methyl sites for hydroxylation is 2. The number of nitrogens with two attached hydrogens (primary N) is 1. The number of rotatable bonds is 2. The minimum Gasteiger partial charge on any atom is -0.496 e. The molecule has 1 aromatic rings. The fourth-order valence-electron chi connectivity index (χ4n) is 3.00. The van der Waals surface area contributed by atoms with Crippen molar-refractivity contribution in [3.8, 4) is 5.75 Å². The van der Waals surface area contributed by atoms with E-state index in [-0.39, 0.29) is 6.04 Å². The summed E-state index contributed by atoms with van der Waals surface area (Å²) in [5.74, 6) is 0.819. The summed E-state index contributed by atoms with van der Waals surface area (Å²) >= 11 is 0. The maximum atomic E-state index is 15.1. The minimum absolute atomic E-state index is 0.0226. The molecule has 2 nitrogen and oxygen atoms in total. The van der Waals surface area contributed by atoms with Crippen LogP contribution in [0, 0.1) is 13.8 Å². The van der Waals surface area contributed by atoms with Gasteiger partial charge >= 0.3 is 0 Å². The Kier molecular flexibility index (Phi) is 3.62. The molecule has 2 atom stereocenters. The van der Waals surface area contributed by atoms with Crippen LogP contribution in [-0.2, 0) is 5.67 Å². The highest BCUT2D eigenvalue weighted by molar-refractivity contribution is 5.44. The van der Waals surface area contributed by atoms with Gasteiger partial charge in [0.05, 0.1) is 7.11 Å². The number of benzene rings is 1. The minimum atomic E-state index is -1.27. The largest absolute Gasteiger partial charge is 0.496 e. The number of halogens is 1. The molecule has 1 fully saturated rings. The van der Waals surface area contributed by atoms with E-state index >= 15 is 4.39 Å². The summed E-state index contributed by atoms with van der Waals surface area (Å²) in [5.41, 5.74) is 7.38. The number of hydrogen-bond donors (Lipinski definition) is 1. The van der Waals surface area contributed by atoms with Crippen LogP contribution in [0.15, 0.2) is 12.1 Å². The van der Waals surface area contributed by atoms with Crippen LogP contribution >= 0.6 is 0 Å². The summed E-state index contributed by atoms with van der Waals surface area (Å²) in [5, 5.41) is 0. The van der Waals surface area contributed by atoms with Crippen LogP contribution in [0.25, 0.3) is 0 Å². The molecule has 0 spiro atoms. The standard InChI is InChI=1S/C15H22FNO/c1-10-8-14(18-3)11(2)7-13(10)15(16)6-4-5-12(17)9-15/h7-8,12H,4-6,9,17H2,1-3H3. The maximum absolute atomic E-state index is 15.1. The van der Waals surface area contributed by atoms with Gasteiger partial charge in [-0.2, -0.15) is 0 Å².